The number of pyridine rings is 1. The van der Waals surface area contributed by atoms with Crippen LogP contribution in [0.4, 0.5) is 26.0 Å². The van der Waals surface area contributed by atoms with Crippen molar-refractivity contribution < 1.29 is 23.1 Å². The molecule has 166 valence electrons. The minimum Gasteiger partial charge on any atom is -0.433 e. The summed E-state index contributed by atoms with van der Waals surface area (Å²) in [6.45, 7) is -1.01. The van der Waals surface area contributed by atoms with Crippen LogP contribution in [0.3, 0.4) is 0 Å². The van der Waals surface area contributed by atoms with Crippen molar-refractivity contribution in [2.24, 2.45) is 0 Å². The van der Waals surface area contributed by atoms with Crippen molar-refractivity contribution in [1.82, 2.24) is 14.8 Å². The molecule has 1 aliphatic heterocycles. The van der Waals surface area contributed by atoms with Gasteiger partial charge in [0.25, 0.3) is 11.8 Å². The van der Waals surface area contributed by atoms with Crippen LogP contribution in [0.1, 0.15) is 33.8 Å². The lowest BCUT2D eigenvalue weighted by atomic mass is 10.1. The summed E-state index contributed by atoms with van der Waals surface area (Å²) < 4.78 is 31.3. The van der Waals surface area contributed by atoms with Gasteiger partial charge in [0, 0.05) is 24.5 Å². The number of aromatic nitrogens is 3. The summed E-state index contributed by atoms with van der Waals surface area (Å²) in [4.78, 5) is 31.1. The summed E-state index contributed by atoms with van der Waals surface area (Å²) in [5.74, 6) is -0.952. The van der Waals surface area contributed by atoms with Crippen LogP contribution < -0.4 is 20.7 Å². The Kier molecular flexibility index (Phi) is 5.66. The van der Waals surface area contributed by atoms with Crippen LogP contribution in [0, 0.1) is 0 Å². The molecule has 3 aromatic rings. The van der Waals surface area contributed by atoms with Gasteiger partial charge in [0.1, 0.15) is 11.6 Å². The number of ether oxygens (including phenoxy) is 1. The molecular formula is C20H17ClF2N6O3. The van der Waals surface area contributed by atoms with E-state index >= 15 is 0 Å². The Morgan fingerprint density at radius 3 is 2.78 bits per heavy atom. The number of benzene rings is 1. The third-order valence-corrected chi connectivity index (χ3v) is 5.16. The summed E-state index contributed by atoms with van der Waals surface area (Å²) in [7, 11) is 0. The van der Waals surface area contributed by atoms with E-state index in [2.05, 4.69) is 20.1 Å². The standard InChI is InChI=1S/C20H17ClF2N6O3/c1-10-9-28(12-3-4-13(21)15(6-12)32-20(22)23)19(31)17-14(8-26-29(10)17)27-18(30)11-2-5-16(24)25-7-11/h2-8,10,20H,9H2,1H3,(H2,24,25)(H,27,30)/t10-/m0/s1. The molecule has 3 heterocycles. The normalized spacial score (nSPS) is 15.6. The van der Waals surface area contributed by atoms with E-state index in [0.717, 1.165) is 0 Å². The van der Waals surface area contributed by atoms with Crippen molar-refractivity contribution >= 4 is 40.6 Å². The molecule has 32 heavy (non-hydrogen) atoms. The SMILES string of the molecule is C[C@H]1CN(c2ccc(Cl)c(OC(F)F)c2)C(=O)c2c(NC(=O)c3ccc(N)nc3)cnn21. The molecule has 0 bridgehead atoms. The van der Waals surface area contributed by atoms with Gasteiger partial charge in [-0.1, -0.05) is 11.6 Å². The van der Waals surface area contributed by atoms with Gasteiger partial charge in [0.2, 0.25) is 0 Å². The zero-order chi connectivity index (χ0) is 23.0. The number of anilines is 3. The first-order valence-corrected chi connectivity index (χ1v) is 9.79. The van der Waals surface area contributed by atoms with Crippen LogP contribution in [-0.4, -0.2) is 39.7 Å². The lowest BCUT2D eigenvalue weighted by Crippen LogP contribution is -2.43. The maximum Gasteiger partial charge on any atom is 0.387 e. The van der Waals surface area contributed by atoms with Crippen LogP contribution in [0.15, 0.2) is 42.7 Å². The fourth-order valence-electron chi connectivity index (χ4n) is 3.36. The van der Waals surface area contributed by atoms with Crippen molar-refractivity contribution in [3.05, 3.63) is 59.0 Å². The Labute approximate surface area is 185 Å². The summed E-state index contributed by atoms with van der Waals surface area (Å²) in [6.07, 6.45) is 2.69. The minimum absolute atomic E-state index is 0.0124. The highest BCUT2D eigenvalue weighted by molar-refractivity contribution is 6.32. The molecule has 0 fully saturated rings. The third-order valence-electron chi connectivity index (χ3n) is 4.85. The van der Waals surface area contributed by atoms with Crippen molar-refractivity contribution in [2.45, 2.75) is 19.6 Å². The summed E-state index contributed by atoms with van der Waals surface area (Å²) >= 11 is 5.92. The molecule has 4 rings (SSSR count). The third kappa shape index (κ3) is 4.06. The molecule has 0 aliphatic carbocycles. The predicted octanol–water partition coefficient (Wildman–Crippen LogP) is 3.59. The highest BCUT2D eigenvalue weighted by Gasteiger charge is 2.34. The second-order valence-corrected chi connectivity index (χ2v) is 7.44. The number of hydrogen-bond donors (Lipinski definition) is 2. The summed E-state index contributed by atoms with van der Waals surface area (Å²) in [5, 5.41) is 6.87. The van der Waals surface area contributed by atoms with E-state index in [-0.39, 0.29) is 46.1 Å². The van der Waals surface area contributed by atoms with Crippen LogP contribution in [-0.2, 0) is 0 Å². The van der Waals surface area contributed by atoms with E-state index in [1.54, 1.807) is 0 Å². The fourth-order valence-corrected chi connectivity index (χ4v) is 3.52. The maximum absolute atomic E-state index is 13.3. The van der Waals surface area contributed by atoms with Crippen molar-refractivity contribution in [3.8, 4) is 5.75 Å². The predicted molar refractivity (Wildman–Crippen MR) is 113 cm³/mol. The zero-order valence-corrected chi connectivity index (χ0v) is 17.4. The smallest absolute Gasteiger partial charge is 0.387 e. The molecule has 0 spiro atoms. The Morgan fingerprint density at radius 2 is 2.09 bits per heavy atom. The Bertz CT molecular complexity index is 1180. The number of nitrogens with zero attached hydrogens (tertiary/aromatic N) is 4. The summed E-state index contributed by atoms with van der Waals surface area (Å²) in [5.41, 5.74) is 6.45. The first-order valence-electron chi connectivity index (χ1n) is 9.41. The number of hydrogen-bond acceptors (Lipinski definition) is 6. The average molecular weight is 463 g/mol. The van der Waals surface area contributed by atoms with Crippen LogP contribution in [0.25, 0.3) is 0 Å². The number of nitrogens with two attached hydrogens (primary N) is 1. The van der Waals surface area contributed by atoms with Gasteiger partial charge in [-0.3, -0.25) is 14.3 Å². The largest absolute Gasteiger partial charge is 0.433 e. The molecule has 2 aromatic heterocycles. The van der Waals surface area contributed by atoms with Gasteiger partial charge < -0.3 is 20.7 Å². The second-order valence-electron chi connectivity index (χ2n) is 7.04. The van der Waals surface area contributed by atoms with Gasteiger partial charge in [-0.2, -0.15) is 13.9 Å². The number of fused-ring (bicyclic) bond motifs is 1. The Morgan fingerprint density at radius 1 is 1.31 bits per heavy atom. The quantitative estimate of drug-likeness (QED) is 0.598. The molecule has 0 radical (unpaired) electrons. The van der Waals surface area contributed by atoms with Gasteiger partial charge in [0.15, 0.2) is 5.69 Å². The number of nitrogens with one attached hydrogen (secondary N) is 1. The number of carbonyl (C=O) groups is 2. The minimum atomic E-state index is -3.06. The van der Waals surface area contributed by atoms with Crippen LogP contribution >= 0.6 is 11.6 Å². The van der Waals surface area contributed by atoms with E-state index in [0.29, 0.717) is 5.69 Å². The Hall–Kier alpha value is -3.73. The van der Waals surface area contributed by atoms with E-state index in [1.165, 1.54) is 52.3 Å². The number of rotatable bonds is 5. The van der Waals surface area contributed by atoms with Crippen molar-refractivity contribution in [3.63, 3.8) is 0 Å². The van der Waals surface area contributed by atoms with Crippen molar-refractivity contribution in [2.75, 3.05) is 22.5 Å². The van der Waals surface area contributed by atoms with E-state index < -0.39 is 18.4 Å². The highest BCUT2D eigenvalue weighted by atomic mass is 35.5. The molecule has 1 aliphatic rings. The highest BCUT2D eigenvalue weighted by Crippen LogP contribution is 2.35. The van der Waals surface area contributed by atoms with Gasteiger partial charge in [-0.05, 0) is 31.2 Å². The number of amides is 2. The van der Waals surface area contributed by atoms with Crippen LogP contribution in [0.5, 0.6) is 5.75 Å². The molecule has 0 saturated heterocycles. The van der Waals surface area contributed by atoms with E-state index in [1.807, 2.05) is 6.92 Å². The Balaban J connectivity index is 1.64. The molecule has 2 amide bonds. The first kappa shape index (κ1) is 21.5. The van der Waals surface area contributed by atoms with E-state index in [9.17, 15) is 18.4 Å². The van der Waals surface area contributed by atoms with Crippen LogP contribution in [0.2, 0.25) is 5.02 Å². The topological polar surface area (TPSA) is 115 Å². The second kappa shape index (κ2) is 8.42. The summed E-state index contributed by atoms with van der Waals surface area (Å²) in [6, 6.07) is 6.88. The zero-order valence-electron chi connectivity index (χ0n) is 16.6. The molecule has 9 nitrogen and oxygen atoms in total. The van der Waals surface area contributed by atoms with Gasteiger partial charge in [-0.25, -0.2) is 4.98 Å². The molecule has 0 unspecified atom stereocenters. The number of halogens is 3. The maximum atomic E-state index is 13.3. The molecule has 12 heteroatoms. The lowest BCUT2D eigenvalue weighted by Gasteiger charge is -2.32. The van der Waals surface area contributed by atoms with Gasteiger partial charge in [-0.15, -0.1) is 0 Å². The number of alkyl halides is 2. The van der Waals surface area contributed by atoms with Gasteiger partial charge >= 0.3 is 6.61 Å². The number of carbonyl (C=O) groups excluding carboxylic acids is 2. The molecular weight excluding hydrogens is 446 g/mol. The van der Waals surface area contributed by atoms with Crippen molar-refractivity contribution in [1.29, 1.82) is 0 Å². The van der Waals surface area contributed by atoms with E-state index in [4.69, 9.17) is 17.3 Å². The number of nitrogen functional groups attached to an aromatic ring is 1. The monoisotopic (exact) mass is 462 g/mol. The average Bonchev–Trinajstić information content (AvgIpc) is 3.17. The lowest BCUT2D eigenvalue weighted by molar-refractivity contribution is -0.0497. The fraction of sp³-hybridized carbons (Fsp3) is 0.200. The molecule has 1 aromatic carbocycles. The first-order chi connectivity index (χ1) is 15.2. The molecule has 3 N–H and O–H groups in total. The molecule has 1 atom stereocenters. The molecule has 0 saturated carbocycles. The van der Waals surface area contributed by atoms with Gasteiger partial charge in [0.05, 0.1) is 28.5 Å².